The molecule has 17 heavy (non-hydrogen) atoms. The number of nitrogens with zero attached hydrogens (tertiary/aromatic N) is 1. The maximum atomic E-state index is 9.93. The monoisotopic (exact) mass is 244 g/mol. The number of hydrogen-bond acceptors (Lipinski definition) is 3. The third-order valence-electron chi connectivity index (χ3n) is 3.67. The van der Waals surface area contributed by atoms with Crippen LogP contribution in [0.4, 0.5) is 0 Å². The molecule has 0 fully saturated rings. The topological polar surface area (TPSA) is 35.5 Å². The van der Waals surface area contributed by atoms with E-state index < -0.39 is 5.60 Å². The first kappa shape index (κ1) is 16.9. The molecular formula is C14H32N2O. The van der Waals surface area contributed by atoms with Crippen LogP contribution >= 0.6 is 0 Å². The molecule has 0 saturated carbocycles. The van der Waals surface area contributed by atoms with Crippen LogP contribution in [0.2, 0.25) is 0 Å². The van der Waals surface area contributed by atoms with Gasteiger partial charge in [-0.2, -0.15) is 0 Å². The molecule has 0 bridgehead atoms. The summed E-state index contributed by atoms with van der Waals surface area (Å²) in [4.78, 5) is 2.37. The van der Waals surface area contributed by atoms with Gasteiger partial charge in [0.15, 0.2) is 0 Å². The van der Waals surface area contributed by atoms with Crippen LogP contribution in [0.1, 0.15) is 47.5 Å². The summed E-state index contributed by atoms with van der Waals surface area (Å²) in [6, 6.07) is 0. The predicted molar refractivity (Wildman–Crippen MR) is 75.4 cm³/mol. The Morgan fingerprint density at radius 2 is 1.59 bits per heavy atom. The van der Waals surface area contributed by atoms with Crippen LogP contribution in [0.25, 0.3) is 0 Å². The van der Waals surface area contributed by atoms with E-state index in [-0.39, 0.29) is 0 Å². The van der Waals surface area contributed by atoms with Gasteiger partial charge in [0.25, 0.3) is 0 Å². The molecule has 0 aromatic carbocycles. The average Bonchev–Trinajstić information content (AvgIpc) is 2.25. The van der Waals surface area contributed by atoms with E-state index in [2.05, 4.69) is 31.0 Å². The van der Waals surface area contributed by atoms with Crippen molar-refractivity contribution in [3.05, 3.63) is 0 Å². The van der Waals surface area contributed by atoms with Crippen molar-refractivity contribution >= 4 is 0 Å². The Balaban J connectivity index is 4.59. The highest BCUT2D eigenvalue weighted by Gasteiger charge is 2.29. The number of aliphatic hydroxyl groups is 1. The van der Waals surface area contributed by atoms with Gasteiger partial charge in [-0.15, -0.1) is 0 Å². The van der Waals surface area contributed by atoms with Crippen molar-refractivity contribution in [3.63, 3.8) is 0 Å². The molecule has 0 aliphatic carbocycles. The normalized spacial score (nSPS) is 13.4. The van der Waals surface area contributed by atoms with Crippen LogP contribution in [0.5, 0.6) is 0 Å². The molecule has 3 nitrogen and oxygen atoms in total. The zero-order valence-corrected chi connectivity index (χ0v) is 12.6. The zero-order valence-electron chi connectivity index (χ0n) is 12.6. The lowest BCUT2D eigenvalue weighted by molar-refractivity contribution is 0.0202. The van der Waals surface area contributed by atoms with E-state index in [1.54, 1.807) is 0 Å². The first-order valence-electron chi connectivity index (χ1n) is 6.91. The van der Waals surface area contributed by atoms with Gasteiger partial charge < -0.3 is 15.3 Å². The largest absolute Gasteiger partial charge is 0.389 e. The first-order valence-corrected chi connectivity index (χ1v) is 6.91. The van der Waals surface area contributed by atoms with E-state index in [0.717, 1.165) is 26.2 Å². The van der Waals surface area contributed by atoms with Crippen molar-refractivity contribution in [1.82, 2.24) is 10.2 Å². The fourth-order valence-corrected chi connectivity index (χ4v) is 2.46. The summed E-state index contributed by atoms with van der Waals surface area (Å²) in [7, 11) is 2.02. The van der Waals surface area contributed by atoms with Gasteiger partial charge in [0.05, 0.1) is 5.60 Å². The van der Waals surface area contributed by atoms with Crippen LogP contribution in [0.3, 0.4) is 0 Å². The maximum Gasteiger partial charge on any atom is 0.0718 e. The molecule has 0 spiro atoms. The van der Waals surface area contributed by atoms with Gasteiger partial charge >= 0.3 is 0 Å². The highest BCUT2D eigenvalue weighted by atomic mass is 16.3. The third kappa shape index (κ3) is 6.39. The summed E-state index contributed by atoms with van der Waals surface area (Å²) < 4.78 is 0. The molecule has 0 unspecified atom stereocenters. The molecule has 0 amide bonds. The Morgan fingerprint density at radius 3 is 1.88 bits per heavy atom. The van der Waals surface area contributed by atoms with E-state index >= 15 is 0 Å². The van der Waals surface area contributed by atoms with E-state index in [1.165, 1.54) is 12.8 Å². The van der Waals surface area contributed by atoms with E-state index in [0.29, 0.717) is 5.41 Å². The van der Waals surface area contributed by atoms with Crippen LogP contribution in [0, 0.1) is 5.41 Å². The lowest BCUT2D eigenvalue weighted by Gasteiger charge is -2.39. The second-order valence-electron chi connectivity index (χ2n) is 5.85. The smallest absolute Gasteiger partial charge is 0.0718 e. The molecule has 0 aliphatic rings. The average molecular weight is 244 g/mol. The minimum atomic E-state index is -0.608. The molecule has 2 N–H and O–H groups in total. The van der Waals surface area contributed by atoms with E-state index in [1.807, 2.05) is 20.9 Å². The van der Waals surface area contributed by atoms with Gasteiger partial charge in [-0.05, 0) is 45.7 Å². The Hall–Kier alpha value is -0.120. The molecule has 0 rings (SSSR count). The molecule has 0 aliphatic heterocycles. The van der Waals surface area contributed by atoms with Crippen molar-refractivity contribution in [3.8, 4) is 0 Å². The van der Waals surface area contributed by atoms with Crippen LogP contribution in [-0.2, 0) is 0 Å². The summed E-state index contributed by atoms with van der Waals surface area (Å²) in [6.07, 6.45) is 2.35. The van der Waals surface area contributed by atoms with E-state index in [4.69, 9.17) is 0 Å². The van der Waals surface area contributed by atoms with Crippen LogP contribution < -0.4 is 5.32 Å². The standard InChI is InChI=1S/C14H32N2O/c1-7-14(8-2,10-15-6)12-16(9-3)11-13(4,5)17/h15,17H,7-12H2,1-6H3. The molecule has 0 radical (unpaired) electrons. The van der Waals surface area contributed by atoms with E-state index in [9.17, 15) is 5.11 Å². The van der Waals surface area contributed by atoms with Gasteiger partial charge in [-0.1, -0.05) is 20.8 Å². The van der Waals surface area contributed by atoms with Crippen molar-refractivity contribution in [2.45, 2.75) is 53.1 Å². The van der Waals surface area contributed by atoms with Gasteiger partial charge in [0.1, 0.15) is 0 Å². The SMILES string of the molecule is CCN(CC(C)(C)O)CC(CC)(CC)CNC. The molecule has 0 atom stereocenters. The Bertz CT molecular complexity index is 195. The quantitative estimate of drug-likeness (QED) is 0.652. The summed E-state index contributed by atoms with van der Waals surface area (Å²) >= 11 is 0. The molecule has 0 saturated heterocycles. The second kappa shape index (κ2) is 7.34. The fraction of sp³-hybridized carbons (Fsp3) is 1.00. The minimum absolute atomic E-state index is 0.329. The molecule has 104 valence electrons. The lowest BCUT2D eigenvalue weighted by atomic mass is 9.81. The van der Waals surface area contributed by atoms with Crippen LogP contribution in [0.15, 0.2) is 0 Å². The van der Waals surface area contributed by atoms with Crippen molar-refractivity contribution in [2.75, 3.05) is 33.2 Å². The Morgan fingerprint density at radius 1 is 1.06 bits per heavy atom. The summed E-state index contributed by atoms with van der Waals surface area (Å²) in [5.74, 6) is 0. The Labute approximate surface area is 108 Å². The van der Waals surface area contributed by atoms with Crippen molar-refractivity contribution < 1.29 is 5.11 Å². The second-order valence-corrected chi connectivity index (χ2v) is 5.85. The Kier molecular flexibility index (Phi) is 7.29. The number of hydrogen-bond donors (Lipinski definition) is 2. The van der Waals surface area contributed by atoms with Gasteiger partial charge in [0.2, 0.25) is 0 Å². The molecule has 3 heteroatoms. The minimum Gasteiger partial charge on any atom is -0.389 e. The highest BCUT2D eigenvalue weighted by Crippen LogP contribution is 2.27. The zero-order chi connectivity index (χ0) is 13.5. The molecule has 0 aromatic rings. The molecule has 0 heterocycles. The van der Waals surface area contributed by atoms with Gasteiger partial charge in [-0.25, -0.2) is 0 Å². The molecule has 0 aromatic heterocycles. The number of nitrogens with one attached hydrogen (secondary N) is 1. The fourth-order valence-electron chi connectivity index (χ4n) is 2.46. The van der Waals surface area contributed by atoms with Crippen molar-refractivity contribution in [1.29, 1.82) is 0 Å². The van der Waals surface area contributed by atoms with Crippen molar-refractivity contribution in [2.24, 2.45) is 5.41 Å². The predicted octanol–water partition coefficient (Wildman–Crippen LogP) is 2.10. The lowest BCUT2D eigenvalue weighted by Crippen LogP contribution is -2.47. The van der Waals surface area contributed by atoms with Crippen LogP contribution in [-0.4, -0.2) is 48.8 Å². The summed E-state index contributed by atoms with van der Waals surface area (Å²) in [6.45, 7) is 14.3. The maximum absolute atomic E-state index is 9.93. The first-order chi connectivity index (χ1) is 7.82. The third-order valence-corrected chi connectivity index (χ3v) is 3.67. The molecular weight excluding hydrogens is 212 g/mol. The number of rotatable bonds is 9. The summed E-state index contributed by atoms with van der Waals surface area (Å²) in [5, 5.41) is 13.2. The van der Waals surface area contributed by atoms with Gasteiger partial charge in [0, 0.05) is 19.6 Å². The highest BCUT2D eigenvalue weighted by molar-refractivity contribution is 4.84. The summed E-state index contributed by atoms with van der Waals surface area (Å²) in [5.41, 5.74) is -0.279. The van der Waals surface area contributed by atoms with Gasteiger partial charge in [-0.3, -0.25) is 0 Å². The number of likely N-dealkylation sites (N-methyl/N-ethyl adjacent to an activating group) is 1.